The molecule has 2 N–H and O–H groups in total. The molecule has 1 amide bonds. The summed E-state index contributed by atoms with van der Waals surface area (Å²) in [6.45, 7) is 0.939. The topological polar surface area (TPSA) is 86.7 Å². The van der Waals surface area contributed by atoms with E-state index in [9.17, 15) is 13.2 Å². The van der Waals surface area contributed by atoms with E-state index in [1.54, 1.807) is 12.1 Å². The molecule has 0 saturated carbocycles. The fourth-order valence-corrected chi connectivity index (χ4v) is 3.71. The van der Waals surface area contributed by atoms with Crippen molar-refractivity contribution in [1.82, 2.24) is 9.79 Å². The summed E-state index contributed by atoms with van der Waals surface area (Å²) >= 11 is 0. The van der Waals surface area contributed by atoms with Crippen molar-refractivity contribution in [2.75, 3.05) is 13.1 Å². The Labute approximate surface area is 105 Å². The van der Waals surface area contributed by atoms with E-state index in [4.69, 9.17) is 5.21 Å². The van der Waals surface area contributed by atoms with Crippen molar-refractivity contribution in [2.24, 2.45) is 0 Å². The molecule has 18 heavy (non-hydrogen) atoms. The molecule has 0 aromatic heterocycles. The van der Waals surface area contributed by atoms with Crippen LogP contribution < -0.4 is 5.48 Å². The van der Waals surface area contributed by atoms with Crippen LogP contribution in [0.3, 0.4) is 0 Å². The summed E-state index contributed by atoms with van der Waals surface area (Å²) < 4.78 is 26.0. The van der Waals surface area contributed by atoms with Crippen LogP contribution in [0.25, 0.3) is 0 Å². The van der Waals surface area contributed by atoms with Crippen molar-refractivity contribution in [1.29, 1.82) is 0 Å². The van der Waals surface area contributed by atoms with Gasteiger partial charge in [0.1, 0.15) is 0 Å². The molecule has 1 heterocycles. The number of carbonyl (C=O) groups excluding carboxylic acids is 1. The van der Waals surface area contributed by atoms with E-state index < -0.39 is 15.9 Å². The van der Waals surface area contributed by atoms with E-state index in [-0.39, 0.29) is 10.5 Å². The highest BCUT2D eigenvalue weighted by Crippen LogP contribution is 2.23. The smallest absolute Gasteiger partial charge is 0.276 e. The molecule has 1 aliphatic heterocycles. The molecule has 0 aliphatic carbocycles. The second-order valence-corrected chi connectivity index (χ2v) is 5.95. The minimum atomic E-state index is -3.66. The number of nitrogens with zero attached hydrogens (tertiary/aromatic N) is 1. The van der Waals surface area contributed by atoms with Gasteiger partial charge in [-0.2, -0.15) is 4.31 Å². The SMILES string of the molecule is O=C(NO)c1ccccc1S(=O)(=O)N1CCCC1. The molecule has 0 spiro atoms. The van der Waals surface area contributed by atoms with Crippen molar-refractivity contribution in [3.63, 3.8) is 0 Å². The van der Waals surface area contributed by atoms with Crippen molar-refractivity contribution in [3.8, 4) is 0 Å². The first-order valence-electron chi connectivity index (χ1n) is 5.61. The molecule has 1 aromatic carbocycles. The van der Waals surface area contributed by atoms with Crippen LogP contribution in [0.2, 0.25) is 0 Å². The van der Waals surface area contributed by atoms with Gasteiger partial charge in [0.15, 0.2) is 0 Å². The average molecular weight is 270 g/mol. The van der Waals surface area contributed by atoms with E-state index in [0.29, 0.717) is 13.1 Å². The molecule has 7 heteroatoms. The van der Waals surface area contributed by atoms with Gasteiger partial charge in [-0.3, -0.25) is 10.0 Å². The minimum Gasteiger partial charge on any atom is -0.288 e. The lowest BCUT2D eigenvalue weighted by Gasteiger charge is -2.17. The molecule has 98 valence electrons. The number of hydroxylamine groups is 1. The molecule has 2 rings (SSSR count). The van der Waals surface area contributed by atoms with Gasteiger partial charge in [0.05, 0.1) is 10.5 Å². The maximum atomic E-state index is 12.3. The number of hydrogen-bond acceptors (Lipinski definition) is 4. The number of sulfonamides is 1. The maximum absolute atomic E-state index is 12.3. The Morgan fingerprint density at radius 1 is 1.22 bits per heavy atom. The minimum absolute atomic E-state index is 0.0492. The van der Waals surface area contributed by atoms with Gasteiger partial charge in [0.25, 0.3) is 5.91 Å². The summed E-state index contributed by atoms with van der Waals surface area (Å²) in [5.74, 6) is -0.826. The fourth-order valence-electron chi connectivity index (χ4n) is 2.01. The van der Waals surface area contributed by atoms with Crippen LogP contribution in [-0.4, -0.2) is 36.9 Å². The third-order valence-electron chi connectivity index (χ3n) is 2.92. The number of amides is 1. The average Bonchev–Trinajstić information content (AvgIpc) is 2.92. The first-order chi connectivity index (χ1) is 8.57. The lowest BCUT2D eigenvalue weighted by molar-refractivity contribution is 0.0702. The van der Waals surface area contributed by atoms with Crippen LogP contribution in [0.4, 0.5) is 0 Å². The second-order valence-electron chi connectivity index (χ2n) is 4.05. The molecular formula is C11H14N2O4S. The standard InChI is InChI=1S/C11H14N2O4S/c14-11(12-15)9-5-1-2-6-10(9)18(16,17)13-7-3-4-8-13/h1-2,5-6,15H,3-4,7-8H2,(H,12,14). The molecule has 6 nitrogen and oxygen atoms in total. The highest BCUT2D eigenvalue weighted by molar-refractivity contribution is 7.89. The van der Waals surface area contributed by atoms with Gasteiger partial charge in [0.2, 0.25) is 10.0 Å². The van der Waals surface area contributed by atoms with E-state index in [1.807, 2.05) is 0 Å². The molecule has 1 aromatic rings. The monoisotopic (exact) mass is 270 g/mol. The van der Waals surface area contributed by atoms with E-state index in [2.05, 4.69) is 0 Å². The number of benzene rings is 1. The van der Waals surface area contributed by atoms with Crippen LogP contribution in [0.5, 0.6) is 0 Å². The molecule has 0 atom stereocenters. The third-order valence-corrected chi connectivity index (χ3v) is 4.87. The highest BCUT2D eigenvalue weighted by Gasteiger charge is 2.30. The molecule has 0 bridgehead atoms. The first-order valence-corrected chi connectivity index (χ1v) is 7.05. The van der Waals surface area contributed by atoms with Gasteiger partial charge in [-0.25, -0.2) is 13.9 Å². The summed E-state index contributed by atoms with van der Waals surface area (Å²) in [5, 5.41) is 8.64. The molecule has 0 radical (unpaired) electrons. The lowest BCUT2D eigenvalue weighted by atomic mass is 10.2. The van der Waals surface area contributed by atoms with Gasteiger partial charge in [-0.1, -0.05) is 12.1 Å². The lowest BCUT2D eigenvalue weighted by Crippen LogP contribution is -2.30. The molecule has 1 saturated heterocycles. The van der Waals surface area contributed by atoms with Crippen molar-refractivity contribution in [2.45, 2.75) is 17.7 Å². The largest absolute Gasteiger partial charge is 0.288 e. The van der Waals surface area contributed by atoms with Gasteiger partial charge in [-0.15, -0.1) is 0 Å². The molecule has 1 aliphatic rings. The number of nitrogens with one attached hydrogen (secondary N) is 1. The Kier molecular flexibility index (Phi) is 3.65. The van der Waals surface area contributed by atoms with Crippen LogP contribution in [0, 0.1) is 0 Å². The zero-order valence-corrected chi connectivity index (χ0v) is 10.5. The fraction of sp³-hybridized carbons (Fsp3) is 0.364. The summed E-state index contributed by atoms with van der Waals surface area (Å²) in [5.41, 5.74) is 1.41. The third kappa shape index (κ3) is 2.24. The number of carbonyl (C=O) groups is 1. The predicted molar refractivity (Wildman–Crippen MR) is 63.7 cm³/mol. The Bertz CT molecular complexity index is 550. The second kappa shape index (κ2) is 5.05. The van der Waals surface area contributed by atoms with Crippen molar-refractivity contribution < 1.29 is 18.4 Å². The normalized spacial score (nSPS) is 16.7. The molecular weight excluding hydrogens is 256 g/mol. The van der Waals surface area contributed by atoms with Gasteiger partial charge < -0.3 is 0 Å². The van der Waals surface area contributed by atoms with Crippen molar-refractivity contribution in [3.05, 3.63) is 29.8 Å². The summed E-state index contributed by atoms with van der Waals surface area (Å²) in [4.78, 5) is 11.4. The van der Waals surface area contributed by atoms with Gasteiger partial charge in [-0.05, 0) is 25.0 Å². The van der Waals surface area contributed by atoms with Gasteiger partial charge >= 0.3 is 0 Å². The van der Waals surface area contributed by atoms with Crippen LogP contribution in [0.1, 0.15) is 23.2 Å². The van der Waals surface area contributed by atoms with Crippen LogP contribution in [-0.2, 0) is 10.0 Å². The Morgan fingerprint density at radius 3 is 2.44 bits per heavy atom. The predicted octanol–water partition coefficient (Wildman–Crippen LogP) is 0.590. The molecule has 1 fully saturated rings. The first kappa shape index (κ1) is 13.0. The Morgan fingerprint density at radius 2 is 1.83 bits per heavy atom. The summed E-state index contributed by atoms with van der Waals surface area (Å²) in [7, 11) is -3.66. The number of hydrogen-bond donors (Lipinski definition) is 2. The quantitative estimate of drug-likeness (QED) is 0.621. The zero-order valence-electron chi connectivity index (χ0n) is 9.67. The Hall–Kier alpha value is -1.44. The zero-order chi connectivity index (χ0) is 13.2. The van der Waals surface area contributed by atoms with E-state index in [0.717, 1.165) is 12.8 Å². The Balaban J connectivity index is 2.47. The highest BCUT2D eigenvalue weighted by atomic mass is 32.2. The summed E-state index contributed by atoms with van der Waals surface area (Å²) in [6.07, 6.45) is 1.65. The molecule has 0 unspecified atom stereocenters. The van der Waals surface area contributed by atoms with Crippen LogP contribution in [0.15, 0.2) is 29.2 Å². The van der Waals surface area contributed by atoms with Crippen molar-refractivity contribution >= 4 is 15.9 Å². The van der Waals surface area contributed by atoms with Crippen LogP contribution >= 0.6 is 0 Å². The van der Waals surface area contributed by atoms with E-state index in [1.165, 1.54) is 21.9 Å². The van der Waals surface area contributed by atoms with Gasteiger partial charge in [0, 0.05) is 13.1 Å². The summed E-state index contributed by atoms with van der Waals surface area (Å²) in [6, 6.07) is 5.84. The van der Waals surface area contributed by atoms with E-state index >= 15 is 0 Å². The maximum Gasteiger partial charge on any atom is 0.276 e. The number of rotatable bonds is 3.